The Balaban J connectivity index is 1.71. The van der Waals surface area contributed by atoms with Crippen LogP contribution in [0.25, 0.3) is 11.3 Å². The number of aromatic nitrogens is 2. The summed E-state index contributed by atoms with van der Waals surface area (Å²) in [6, 6.07) is 2.11. The van der Waals surface area contributed by atoms with Crippen LogP contribution in [0.2, 0.25) is 0 Å². The van der Waals surface area contributed by atoms with Gasteiger partial charge in [-0.1, -0.05) is 0 Å². The predicted octanol–water partition coefficient (Wildman–Crippen LogP) is 1.83. The minimum absolute atomic E-state index is 0.0916. The number of thiophene rings is 1. The quantitative estimate of drug-likeness (QED) is 0.841. The van der Waals surface area contributed by atoms with Crippen LogP contribution < -0.4 is 5.32 Å². The highest BCUT2D eigenvalue weighted by molar-refractivity contribution is 8.01. The van der Waals surface area contributed by atoms with Gasteiger partial charge in [0.1, 0.15) is 5.69 Å². The van der Waals surface area contributed by atoms with Crippen molar-refractivity contribution < 1.29 is 4.79 Å². The van der Waals surface area contributed by atoms with Gasteiger partial charge < -0.3 is 10.2 Å². The number of hydrogen-bond donors (Lipinski definition) is 2. The van der Waals surface area contributed by atoms with Crippen molar-refractivity contribution >= 4 is 29.0 Å². The van der Waals surface area contributed by atoms with E-state index < -0.39 is 0 Å². The number of nitrogens with one attached hydrogen (secondary N) is 2. The van der Waals surface area contributed by atoms with Gasteiger partial charge in [-0.15, -0.1) is 23.1 Å². The first-order valence-electron chi connectivity index (χ1n) is 7.12. The average molecular weight is 320 g/mol. The van der Waals surface area contributed by atoms with Gasteiger partial charge in [-0.05, 0) is 17.9 Å². The lowest BCUT2D eigenvalue weighted by atomic mass is 10.1. The maximum Gasteiger partial charge on any atom is 0.272 e. The second-order valence-corrected chi connectivity index (χ2v) is 7.47. The van der Waals surface area contributed by atoms with Gasteiger partial charge in [0.25, 0.3) is 5.91 Å². The van der Waals surface area contributed by atoms with E-state index in [-0.39, 0.29) is 5.91 Å². The third-order valence-electron chi connectivity index (χ3n) is 3.96. The highest BCUT2D eigenvalue weighted by Crippen LogP contribution is 2.41. The molecule has 2 N–H and O–H groups in total. The van der Waals surface area contributed by atoms with Gasteiger partial charge in [-0.2, -0.15) is 5.10 Å². The molecule has 5 nitrogen and oxygen atoms in total. The van der Waals surface area contributed by atoms with Crippen molar-refractivity contribution in [1.82, 2.24) is 20.4 Å². The molecule has 0 aliphatic carbocycles. The summed E-state index contributed by atoms with van der Waals surface area (Å²) in [6.07, 6.45) is 0.894. The number of hydrogen-bond acceptors (Lipinski definition) is 5. The molecule has 1 amide bonds. The lowest BCUT2D eigenvalue weighted by Crippen LogP contribution is -2.46. The molecular formula is C14H16N4OS2. The minimum atomic E-state index is 0.0916. The van der Waals surface area contributed by atoms with E-state index in [0.717, 1.165) is 49.6 Å². The first kappa shape index (κ1) is 13.4. The number of piperazine rings is 1. The molecule has 21 heavy (non-hydrogen) atoms. The van der Waals surface area contributed by atoms with Gasteiger partial charge in [-0.25, -0.2) is 0 Å². The van der Waals surface area contributed by atoms with E-state index in [1.165, 1.54) is 9.77 Å². The smallest absolute Gasteiger partial charge is 0.272 e. The summed E-state index contributed by atoms with van der Waals surface area (Å²) in [5.74, 6) is 1.09. The number of amides is 1. The molecule has 4 rings (SSSR count). The van der Waals surface area contributed by atoms with Gasteiger partial charge >= 0.3 is 0 Å². The number of fused-ring (bicyclic) bond motifs is 3. The van der Waals surface area contributed by atoms with E-state index in [9.17, 15) is 4.79 Å². The Hall–Kier alpha value is -1.31. The molecule has 0 spiro atoms. The zero-order chi connectivity index (χ0) is 14.2. The van der Waals surface area contributed by atoms with Crippen molar-refractivity contribution in [3.8, 4) is 11.3 Å². The molecule has 4 heterocycles. The normalized spacial score (nSPS) is 18.0. The van der Waals surface area contributed by atoms with Gasteiger partial charge in [0, 0.05) is 43.1 Å². The van der Waals surface area contributed by atoms with E-state index in [1.54, 1.807) is 11.3 Å². The van der Waals surface area contributed by atoms with Crippen LogP contribution in [0.1, 0.15) is 16.1 Å². The van der Waals surface area contributed by atoms with E-state index in [4.69, 9.17) is 0 Å². The number of nitrogens with zero attached hydrogens (tertiary/aromatic N) is 2. The Bertz CT molecular complexity index is 672. The minimum Gasteiger partial charge on any atom is -0.335 e. The molecule has 0 unspecified atom stereocenters. The summed E-state index contributed by atoms with van der Waals surface area (Å²) in [6.45, 7) is 3.27. The van der Waals surface area contributed by atoms with Crippen LogP contribution in [0.15, 0.2) is 15.7 Å². The topological polar surface area (TPSA) is 61.0 Å². The fraction of sp³-hybridized carbons (Fsp3) is 0.429. The summed E-state index contributed by atoms with van der Waals surface area (Å²) in [5, 5.41) is 12.8. The summed E-state index contributed by atoms with van der Waals surface area (Å²) >= 11 is 3.62. The Morgan fingerprint density at radius 3 is 3.05 bits per heavy atom. The molecule has 1 fully saturated rings. The van der Waals surface area contributed by atoms with Gasteiger partial charge in [0.15, 0.2) is 0 Å². The largest absolute Gasteiger partial charge is 0.335 e. The number of carbonyl (C=O) groups excluding carboxylic acids is 1. The second-order valence-electron chi connectivity index (χ2n) is 5.19. The standard InChI is InChI=1S/C14H16N4OS2/c19-13(18-5-3-15-4-6-18)12-9-1-7-20-14-10(2-8-21-14)11(9)16-17-12/h2,8,15H,1,3-7H2,(H,16,17). The fourth-order valence-corrected chi connectivity index (χ4v) is 4.98. The van der Waals surface area contributed by atoms with Crippen LogP contribution in [0, 0.1) is 0 Å². The Kier molecular flexibility index (Phi) is 3.48. The van der Waals surface area contributed by atoms with Crippen molar-refractivity contribution in [1.29, 1.82) is 0 Å². The highest BCUT2D eigenvalue weighted by Gasteiger charge is 2.27. The highest BCUT2D eigenvalue weighted by atomic mass is 32.2. The van der Waals surface area contributed by atoms with Crippen molar-refractivity contribution in [2.45, 2.75) is 10.6 Å². The van der Waals surface area contributed by atoms with Gasteiger partial charge in [-0.3, -0.25) is 9.89 Å². The lowest BCUT2D eigenvalue weighted by molar-refractivity contribution is 0.0729. The number of carbonyl (C=O) groups is 1. The Morgan fingerprint density at radius 1 is 1.33 bits per heavy atom. The molecule has 110 valence electrons. The molecule has 2 aliphatic rings. The fourth-order valence-electron chi connectivity index (χ4n) is 2.86. The number of rotatable bonds is 1. The molecule has 0 atom stereocenters. The van der Waals surface area contributed by atoms with Crippen LogP contribution in [0.4, 0.5) is 0 Å². The molecule has 2 aromatic heterocycles. The Morgan fingerprint density at radius 2 is 2.19 bits per heavy atom. The molecule has 2 aromatic rings. The maximum absolute atomic E-state index is 12.7. The number of H-pyrrole nitrogens is 1. The predicted molar refractivity (Wildman–Crippen MR) is 85.1 cm³/mol. The van der Waals surface area contributed by atoms with Crippen molar-refractivity contribution in [2.75, 3.05) is 31.9 Å². The van der Waals surface area contributed by atoms with Gasteiger partial charge in [0.05, 0.1) is 9.90 Å². The van der Waals surface area contributed by atoms with Crippen molar-refractivity contribution in [3.63, 3.8) is 0 Å². The molecule has 7 heteroatoms. The van der Waals surface area contributed by atoms with Crippen LogP contribution in [0.5, 0.6) is 0 Å². The van der Waals surface area contributed by atoms with Crippen LogP contribution in [-0.4, -0.2) is 52.9 Å². The van der Waals surface area contributed by atoms with E-state index in [1.807, 2.05) is 16.7 Å². The van der Waals surface area contributed by atoms with Crippen LogP contribution in [-0.2, 0) is 6.42 Å². The third kappa shape index (κ3) is 2.29. The molecule has 0 saturated carbocycles. The van der Waals surface area contributed by atoms with Crippen LogP contribution >= 0.6 is 23.1 Å². The van der Waals surface area contributed by atoms with E-state index >= 15 is 0 Å². The van der Waals surface area contributed by atoms with Crippen molar-refractivity contribution in [3.05, 3.63) is 22.7 Å². The van der Waals surface area contributed by atoms with Crippen molar-refractivity contribution in [2.24, 2.45) is 0 Å². The maximum atomic E-state index is 12.7. The third-order valence-corrected chi connectivity index (χ3v) is 6.19. The Labute approximate surface area is 131 Å². The average Bonchev–Trinajstić information content (AvgIpc) is 3.11. The molecule has 2 aliphatic heterocycles. The number of aromatic amines is 1. The molecule has 0 aromatic carbocycles. The summed E-state index contributed by atoms with van der Waals surface area (Å²) < 4.78 is 1.31. The molecular weight excluding hydrogens is 304 g/mol. The molecule has 0 radical (unpaired) electrons. The number of thioether (sulfide) groups is 1. The monoisotopic (exact) mass is 320 g/mol. The zero-order valence-corrected chi connectivity index (χ0v) is 13.1. The summed E-state index contributed by atoms with van der Waals surface area (Å²) in [4.78, 5) is 14.6. The molecule has 0 bridgehead atoms. The second kappa shape index (κ2) is 5.47. The first-order chi connectivity index (χ1) is 10.3. The molecule has 1 saturated heterocycles. The van der Waals surface area contributed by atoms with E-state index in [2.05, 4.69) is 27.0 Å². The van der Waals surface area contributed by atoms with Crippen LogP contribution in [0.3, 0.4) is 0 Å². The van der Waals surface area contributed by atoms with Gasteiger partial charge in [0.2, 0.25) is 0 Å². The zero-order valence-electron chi connectivity index (χ0n) is 11.5. The first-order valence-corrected chi connectivity index (χ1v) is 8.99. The summed E-state index contributed by atoms with van der Waals surface area (Å²) in [7, 11) is 0. The van der Waals surface area contributed by atoms with E-state index in [0.29, 0.717) is 5.69 Å². The summed E-state index contributed by atoms with van der Waals surface area (Å²) in [5.41, 5.74) is 3.91. The SMILES string of the molecule is O=C(c1[nH]nc2c1CCSc1sccc1-2)N1CCNCC1. The lowest BCUT2D eigenvalue weighted by Gasteiger charge is -2.27.